The Morgan fingerprint density at radius 1 is 1.03 bits per heavy atom. The van der Waals surface area contributed by atoms with E-state index >= 15 is 0 Å². The third kappa shape index (κ3) is 4.67. The molecule has 3 aromatic carbocycles. The van der Waals surface area contributed by atoms with E-state index in [9.17, 15) is 13.2 Å². The van der Waals surface area contributed by atoms with Crippen LogP contribution in [0.2, 0.25) is 5.02 Å². The van der Waals surface area contributed by atoms with Crippen LogP contribution in [0.1, 0.15) is 23.6 Å². The number of nitrogens with zero attached hydrogens (tertiary/aromatic N) is 1. The van der Waals surface area contributed by atoms with Crippen LogP contribution in [-0.2, 0) is 14.8 Å². The number of carbonyl (C=O) groups excluding carboxylic acids is 1. The van der Waals surface area contributed by atoms with Gasteiger partial charge in [0.1, 0.15) is 12.4 Å². The second kappa shape index (κ2) is 9.91. The van der Waals surface area contributed by atoms with Crippen LogP contribution in [0.4, 0.5) is 5.69 Å². The average Bonchev–Trinajstić information content (AvgIpc) is 2.81. The number of carbonyl (C=O) groups is 1. The van der Waals surface area contributed by atoms with Crippen molar-refractivity contribution in [2.24, 2.45) is 0 Å². The molecule has 1 amide bonds. The number of benzene rings is 3. The van der Waals surface area contributed by atoms with Crippen LogP contribution >= 0.6 is 11.6 Å². The van der Waals surface area contributed by atoms with E-state index < -0.39 is 15.9 Å². The molecule has 0 saturated heterocycles. The predicted octanol–water partition coefficient (Wildman–Crippen LogP) is 4.77. The molecule has 1 aliphatic rings. The van der Waals surface area contributed by atoms with Crippen LogP contribution in [0.15, 0.2) is 77.7 Å². The number of hydrogen-bond acceptors (Lipinski definition) is 4. The highest BCUT2D eigenvalue weighted by molar-refractivity contribution is 7.97. The molecular weight excluding hydrogens is 472 g/mol. The fourth-order valence-corrected chi connectivity index (χ4v) is 5.94. The maximum atomic E-state index is 13.7. The van der Waals surface area contributed by atoms with Crippen molar-refractivity contribution < 1.29 is 17.9 Å². The number of amides is 1. The predicted molar refractivity (Wildman–Crippen MR) is 136 cm³/mol. The summed E-state index contributed by atoms with van der Waals surface area (Å²) in [5.41, 5.74) is 3.09. The molecule has 0 fully saturated rings. The molecule has 0 spiro atoms. The maximum Gasteiger partial charge on any atom is 0.270 e. The number of sulfonamides is 1. The summed E-state index contributed by atoms with van der Waals surface area (Å²) in [6.07, 6.45) is 0. The number of rotatable bonds is 7. The number of nitrogens with one attached hydrogen (secondary N) is 1. The van der Waals surface area contributed by atoms with Gasteiger partial charge in [0, 0.05) is 22.7 Å². The van der Waals surface area contributed by atoms with E-state index in [1.807, 2.05) is 37.3 Å². The first-order valence-corrected chi connectivity index (χ1v) is 12.7. The largest absolute Gasteiger partial charge is 0.492 e. The van der Waals surface area contributed by atoms with Crippen molar-refractivity contribution in [1.82, 2.24) is 5.32 Å². The smallest absolute Gasteiger partial charge is 0.270 e. The van der Waals surface area contributed by atoms with Crippen LogP contribution in [-0.4, -0.2) is 34.0 Å². The van der Waals surface area contributed by atoms with E-state index in [1.165, 1.54) is 4.31 Å². The number of aryl methyl sites for hydroxylation is 1. The van der Waals surface area contributed by atoms with Crippen molar-refractivity contribution in [3.63, 3.8) is 0 Å². The van der Waals surface area contributed by atoms with Gasteiger partial charge in [0.15, 0.2) is 4.91 Å². The van der Waals surface area contributed by atoms with Gasteiger partial charge in [0.2, 0.25) is 0 Å². The summed E-state index contributed by atoms with van der Waals surface area (Å²) in [7, 11) is -4.12. The first-order valence-electron chi connectivity index (χ1n) is 10.9. The molecule has 176 valence electrons. The molecule has 1 N–H and O–H groups in total. The van der Waals surface area contributed by atoms with Crippen molar-refractivity contribution in [1.29, 1.82) is 0 Å². The van der Waals surface area contributed by atoms with Gasteiger partial charge >= 0.3 is 0 Å². The van der Waals surface area contributed by atoms with Gasteiger partial charge < -0.3 is 10.1 Å². The molecule has 0 radical (unpaired) electrons. The molecule has 0 aromatic heterocycles. The van der Waals surface area contributed by atoms with Gasteiger partial charge in [0.25, 0.3) is 15.9 Å². The fourth-order valence-electron chi connectivity index (χ4n) is 4.00. The highest BCUT2D eigenvalue weighted by Crippen LogP contribution is 2.43. The van der Waals surface area contributed by atoms with Crippen LogP contribution in [0.25, 0.3) is 5.57 Å². The van der Waals surface area contributed by atoms with Crippen molar-refractivity contribution in [3.8, 4) is 5.75 Å². The zero-order chi connectivity index (χ0) is 24.3. The van der Waals surface area contributed by atoms with Gasteiger partial charge in [-0.25, -0.2) is 8.42 Å². The summed E-state index contributed by atoms with van der Waals surface area (Å²) >= 11 is 6.28. The molecule has 0 bridgehead atoms. The third-order valence-corrected chi connectivity index (χ3v) is 7.65. The minimum absolute atomic E-state index is 0.141. The summed E-state index contributed by atoms with van der Waals surface area (Å²) < 4.78 is 34.2. The average molecular weight is 497 g/mol. The second-order valence-corrected chi connectivity index (χ2v) is 10.1. The Morgan fingerprint density at radius 3 is 2.50 bits per heavy atom. The molecule has 8 heteroatoms. The Balaban J connectivity index is 1.72. The first-order chi connectivity index (χ1) is 16.3. The van der Waals surface area contributed by atoms with Crippen molar-refractivity contribution >= 4 is 38.8 Å². The normalized spacial score (nSPS) is 14.5. The second-order valence-electron chi connectivity index (χ2n) is 7.82. The monoisotopic (exact) mass is 496 g/mol. The molecule has 3 aromatic rings. The van der Waals surface area contributed by atoms with Gasteiger partial charge in [-0.1, -0.05) is 54.1 Å². The number of ether oxygens (including phenoxy) is 1. The lowest BCUT2D eigenvalue weighted by Gasteiger charge is -2.33. The summed E-state index contributed by atoms with van der Waals surface area (Å²) in [5, 5.41) is 3.17. The number of hydrogen-bond donors (Lipinski definition) is 1. The topological polar surface area (TPSA) is 75.7 Å². The molecule has 4 rings (SSSR count). The van der Waals surface area contributed by atoms with Gasteiger partial charge in [-0.15, -0.1) is 0 Å². The van der Waals surface area contributed by atoms with Crippen LogP contribution in [0.5, 0.6) is 5.75 Å². The third-order valence-electron chi connectivity index (χ3n) is 5.47. The van der Waals surface area contributed by atoms with Crippen molar-refractivity contribution in [3.05, 3.63) is 99.4 Å². The van der Waals surface area contributed by atoms with Gasteiger partial charge in [-0.2, -0.15) is 0 Å². The molecule has 34 heavy (non-hydrogen) atoms. The van der Waals surface area contributed by atoms with E-state index in [1.54, 1.807) is 49.4 Å². The van der Waals surface area contributed by atoms with E-state index in [4.69, 9.17) is 16.3 Å². The zero-order valence-electron chi connectivity index (χ0n) is 18.9. The van der Waals surface area contributed by atoms with Crippen molar-refractivity contribution in [2.45, 2.75) is 13.8 Å². The van der Waals surface area contributed by atoms with Crippen LogP contribution < -0.4 is 14.4 Å². The minimum atomic E-state index is -4.12. The lowest BCUT2D eigenvalue weighted by molar-refractivity contribution is -0.116. The summed E-state index contributed by atoms with van der Waals surface area (Å²) in [5.74, 6) is 0.000209. The Labute approximate surface area is 204 Å². The first kappa shape index (κ1) is 23.9. The maximum absolute atomic E-state index is 13.7. The fraction of sp³-hybridized carbons (Fsp3) is 0.192. The lowest BCUT2D eigenvalue weighted by atomic mass is 9.95. The number of halogens is 1. The molecule has 0 saturated carbocycles. The molecule has 0 aliphatic carbocycles. The number of anilines is 1. The molecule has 0 unspecified atom stereocenters. The Hall–Kier alpha value is -3.29. The number of fused-ring (bicyclic) bond motifs is 1. The van der Waals surface area contributed by atoms with Gasteiger partial charge in [-0.05, 0) is 55.3 Å². The Bertz CT molecular complexity index is 1350. The highest BCUT2D eigenvalue weighted by atomic mass is 35.5. The summed E-state index contributed by atoms with van der Waals surface area (Å²) in [4.78, 5) is 13.1. The zero-order valence-corrected chi connectivity index (χ0v) is 20.5. The van der Waals surface area contributed by atoms with Crippen LogP contribution in [0.3, 0.4) is 0 Å². The van der Waals surface area contributed by atoms with Crippen LogP contribution in [0, 0.1) is 6.92 Å². The molecule has 1 heterocycles. The Kier molecular flexibility index (Phi) is 6.95. The molecular formula is C26H25ClN2O4S. The van der Waals surface area contributed by atoms with E-state index in [0.717, 1.165) is 5.56 Å². The highest BCUT2D eigenvalue weighted by Gasteiger charge is 2.40. The van der Waals surface area contributed by atoms with Gasteiger partial charge in [0.05, 0.1) is 12.2 Å². The van der Waals surface area contributed by atoms with E-state index in [2.05, 4.69) is 5.32 Å². The lowest BCUT2D eigenvalue weighted by Crippen LogP contribution is -2.42. The van der Waals surface area contributed by atoms with Crippen molar-refractivity contribution in [2.75, 3.05) is 24.0 Å². The summed E-state index contributed by atoms with van der Waals surface area (Å²) in [6, 6.07) is 21.6. The SMILES string of the molecule is CCN1c2ccc(Cl)cc2C(c2ccccc2)=C(C(=O)NCCOc2cccc(C)c2)S1(=O)=O. The van der Waals surface area contributed by atoms with Gasteiger partial charge in [-0.3, -0.25) is 9.10 Å². The molecule has 6 nitrogen and oxygen atoms in total. The molecule has 0 atom stereocenters. The Morgan fingerprint density at radius 2 is 1.79 bits per heavy atom. The standard InChI is InChI=1S/C26H25ClN2O4S/c1-3-29-23-13-12-20(27)17-22(23)24(19-9-5-4-6-10-19)25(34(29,31)32)26(30)28-14-15-33-21-11-7-8-18(2)16-21/h4-13,16-17H,3,14-15H2,1-2H3,(H,28,30). The summed E-state index contributed by atoms with van der Waals surface area (Å²) in [6.45, 7) is 4.20. The molecule has 1 aliphatic heterocycles. The van der Waals surface area contributed by atoms with E-state index in [0.29, 0.717) is 33.2 Å². The van der Waals surface area contributed by atoms with E-state index in [-0.39, 0.29) is 24.6 Å². The minimum Gasteiger partial charge on any atom is -0.492 e. The quantitative estimate of drug-likeness (QED) is 0.478.